The summed E-state index contributed by atoms with van der Waals surface area (Å²) in [7, 11) is 0. The standard InChI is InChI=1S/C13H16BrF2NO2/c1-7(2)12(3-4-18)17-13(19)8-5-10(15)11(16)6-9(8)14/h5-7,12,18H,3-4H2,1-2H3,(H,17,19). The first-order chi connectivity index (χ1) is 8.86. The molecule has 0 aliphatic heterocycles. The molecule has 0 bridgehead atoms. The van der Waals surface area contributed by atoms with Gasteiger partial charge >= 0.3 is 0 Å². The van der Waals surface area contributed by atoms with Crippen LogP contribution in [0.1, 0.15) is 30.6 Å². The molecule has 0 saturated heterocycles. The molecule has 19 heavy (non-hydrogen) atoms. The topological polar surface area (TPSA) is 49.3 Å². The van der Waals surface area contributed by atoms with Gasteiger partial charge in [0.2, 0.25) is 0 Å². The fourth-order valence-electron chi connectivity index (χ4n) is 1.65. The van der Waals surface area contributed by atoms with Crippen molar-refractivity contribution >= 4 is 21.8 Å². The van der Waals surface area contributed by atoms with Gasteiger partial charge in [-0.3, -0.25) is 4.79 Å². The van der Waals surface area contributed by atoms with Crippen LogP contribution in [-0.4, -0.2) is 23.7 Å². The molecule has 0 fully saturated rings. The highest BCUT2D eigenvalue weighted by atomic mass is 79.9. The Bertz CT molecular complexity index is 466. The lowest BCUT2D eigenvalue weighted by Crippen LogP contribution is -2.39. The summed E-state index contributed by atoms with van der Waals surface area (Å²) < 4.78 is 26.3. The molecule has 1 rings (SSSR count). The maximum atomic E-state index is 13.1. The van der Waals surface area contributed by atoms with Crippen LogP contribution < -0.4 is 5.32 Å². The average molecular weight is 336 g/mol. The van der Waals surface area contributed by atoms with E-state index < -0.39 is 17.5 Å². The first-order valence-corrected chi connectivity index (χ1v) is 6.72. The van der Waals surface area contributed by atoms with Crippen molar-refractivity contribution in [3.63, 3.8) is 0 Å². The molecule has 0 saturated carbocycles. The van der Waals surface area contributed by atoms with E-state index in [4.69, 9.17) is 5.11 Å². The lowest BCUT2D eigenvalue weighted by atomic mass is 10.0. The van der Waals surface area contributed by atoms with Gasteiger partial charge in [-0.25, -0.2) is 8.78 Å². The molecule has 1 aromatic rings. The molecule has 1 aromatic carbocycles. The number of aliphatic hydroxyl groups excluding tert-OH is 1. The van der Waals surface area contributed by atoms with Gasteiger partial charge < -0.3 is 10.4 Å². The molecule has 0 aliphatic carbocycles. The maximum Gasteiger partial charge on any atom is 0.252 e. The third-order valence-electron chi connectivity index (χ3n) is 2.82. The Kier molecular flexibility index (Phi) is 5.87. The monoisotopic (exact) mass is 335 g/mol. The van der Waals surface area contributed by atoms with Gasteiger partial charge in [-0.1, -0.05) is 13.8 Å². The van der Waals surface area contributed by atoms with E-state index in [0.717, 1.165) is 12.1 Å². The minimum Gasteiger partial charge on any atom is -0.396 e. The Morgan fingerprint density at radius 1 is 1.37 bits per heavy atom. The number of carbonyl (C=O) groups is 1. The number of rotatable bonds is 5. The zero-order chi connectivity index (χ0) is 14.6. The van der Waals surface area contributed by atoms with E-state index in [9.17, 15) is 13.6 Å². The molecule has 0 aromatic heterocycles. The predicted molar refractivity (Wildman–Crippen MR) is 71.9 cm³/mol. The molecular formula is C13H16BrF2NO2. The number of nitrogens with one attached hydrogen (secondary N) is 1. The van der Waals surface area contributed by atoms with E-state index in [1.54, 1.807) is 0 Å². The van der Waals surface area contributed by atoms with Gasteiger partial charge in [0.25, 0.3) is 5.91 Å². The first-order valence-electron chi connectivity index (χ1n) is 5.93. The molecule has 1 atom stereocenters. The second-order valence-electron chi connectivity index (χ2n) is 4.58. The molecule has 2 N–H and O–H groups in total. The SMILES string of the molecule is CC(C)C(CCO)NC(=O)c1cc(F)c(F)cc1Br. The van der Waals surface area contributed by atoms with Crippen LogP contribution in [0.4, 0.5) is 8.78 Å². The number of carbonyl (C=O) groups excluding carboxylic acids is 1. The number of amides is 1. The molecule has 6 heteroatoms. The van der Waals surface area contributed by atoms with Gasteiger partial charge in [-0.05, 0) is 40.4 Å². The van der Waals surface area contributed by atoms with Gasteiger partial charge in [0, 0.05) is 17.1 Å². The Labute approximate surface area is 119 Å². The summed E-state index contributed by atoms with van der Waals surface area (Å²) in [6.07, 6.45) is 0.407. The Hall–Kier alpha value is -1.01. The van der Waals surface area contributed by atoms with Crippen molar-refractivity contribution < 1.29 is 18.7 Å². The molecule has 106 valence electrons. The number of benzene rings is 1. The van der Waals surface area contributed by atoms with Gasteiger partial charge in [0.1, 0.15) is 0 Å². The van der Waals surface area contributed by atoms with E-state index in [1.807, 2.05) is 13.8 Å². The summed E-state index contributed by atoms with van der Waals surface area (Å²) in [5, 5.41) is 11.6. The lowest BCUT2D eigenvalue weighted by Gasteiger charge is -2.21. The van der Waals surface area contributed by atoms with E-state index in [0.29, 0.717) is 6.42 Å². The van der Waals surface area contributed by atoms with Crippen molar-refractivity contribution in [2.24, 2.45) is 5.92 Å². The van der Waals surface area contributed by atoms with Crippen molar-refractivity contribution in [3.05, 3.63) is 33.8 Å². The van der Waals surface area contributed by atoms with E-state index in [-0.39, 0.29) is 28.6 Å². The number of hydrogen-bond acceptors (Lipinski definition) is 2. The summed E-state index contributed by atoms with van der Waals surface area (Å²) in [6.45, 7) is 3.75. The van der Waals surface area contributed by atoms with Crippen LogP contribution >= 0.6 is 15.9 Å². The van der Waals surface area contributed by atoms with Crippen LogP contribution in [0.2, 0.25) is 0 Å². The Morgan fingerprint density at radius 2 is 1.95 bits per heavy atom. The summed E-state index contributed by atoms with van der Waals surface area (Å²) in [6, 6.07) is 1.55. The maximum absolute atomic E-state index is 13.1. The molecule has 1 unspecified atom stereocenters. The quantitative estimate of drug-likeness (QED) is 0.813. The number of halogens is 3. The van der Waals surface area contributed by atoms with Crippen LogP contribution in [0.3, 0.4) is 0 Å². The average Bonchev–Trinajstić information content (AvgIpc) is 2.32. The zero-order valence-electron chi connectivity index (χ0n) is 10.7. The second-order valence-corrected chi connectivity index (χ2v) is 5.44. The summed E-state index contributed by atoms with van der Waals surface area (Å²) in [4.78, 5) is 12.0. The van der Waals surface area contributed by atoms with Crippen LogP contribution in [0.15, 0.2) is 16.6 Å². The minimum atomic E-state index is -1.07. The number of aliphatic hydroxyl groups is 1. The summed E-state index contributed by atoms with van der Waals surface area (Å²) in [5.74, 6) is -2.46. The van der Waals surface area contributed by atoms with Crippen molar-refractivity contribution in [1.29, 1.82) is 0 Å². The molecule has 0 heterocycles. The molecular weight excluding hydrogens is 320 g/mol. The van der Waals surface area contributed by atoms with Crippen LogP contribution in [0, 0.1) is 17.6 Å². The van der Waals surface area contributed by atoms with Gasteiger partial charge in [0.05, 0.1) is 5.56 Å². The Balaban J connectivity index is 2.91. The lowest BCUT2D eigenvalue weighted by molar-refractivity contribution is 0.0915. The van der Waals surface area contributed by atoms with Crippen molar-refractivity contribution in [3.8, 4) is 0 Å². The Morgan fingerprint density at radius 3 is 2.47 bits per heavy atom. The molecule has 0 aliphatic rings. The normalized spacial score (nSPS) is 12.6. The highest BCUT2D eigenvalue weighted by Crippen LogP contribution is 2.21. The van der Waals surface area contributed by atoms with Gasteiger partial charge in [0.15, 0.2) is 11.6 Å². The van der Waals surface area contributed by atoms with Crippen LogP contribution in [-0.2, 0) is 0 Å². The third kappa shape index (κ3) is 4.24. The van der Waals surface area contributed by atoms with Crippen LogP contribution in [0.5, 0.6) is 0 Å². The fourth-order valence-corrected chi connectivity index (χ4v) is 2.15. The minimum absolute atomic E-state index is 0.0301. The first kappa shape index (κ1) is 16.0. The summed E-state index contributed by atoms with van der Waals surface area (Å²) >= 11 is 3.03. The predicted octanol–water partition coefficient (Wildman–Crippen LogP) is 2.86. The second kappa shape index (κ2) is 6.96. The molecule has 1 amide bonds. The molecule has 3 nitrogen and oxygen atoms in total. The highest BCUT2D eigenvalue weighted by Gasteiger charge is 2.19. The van der Waals surface area contributed by atoms with E-state index >= 15 is 0 Å². The third-order valence-corrected chi connectivity index (χ3v) is 3.47. The molecule has 0 spiro atoms. The van der Waals surface area contributed by atoms with Crippen molar-refractivity contribution in [2.45, 2.75) is 26.3 Å². The van der Waals surface area contributed by atoms with Crippen LogP contribution in [0.25, 0.3) is 0 Å². The van der Waals surface area contributed by atoms with Crippen molar-refractivity contribution in [1.82, 2.24) is 5.32 Å². The van der Waals surface area contributed by atoms with Crippen molar-refractivity contribution in [2.75, 3.05) is 6.61 Å². The summed E-state index contributed by atoms with van der Waals surface area (Å²) in [5.41, 5.74) is 0.0301. The highest BCUT2D eigenvalue weighted by molar-refractivity contribution is 9.10. The number of hydrogen-bond donors (Lipinski definition) is 2. The largest absolute Gasteiger partial charge is 0.396 e. The van der Waals surface area contributed by atoms with Gasteiger partial charge in [-0.15, -0.1) is 0 Å². The fraction of sp³-hybridized carbons (Fsp3) is 0.462. The van der Waals surface area contributed by atoms with E-state index in [1.165, 1.54) is 0 Å². The molecule has 0 radical (unpaired) electrons. The zero-order valence-corrected chi connectivity index (χ0v) is 12.3. The van der Waals surface area contributed by atoms with Gasteiger partial charge in [-0.2, -0.15) is 0 Å². The smallest absolute Gasteiger partial charge is 0.252 e. The van der Waals surface area contributed by atoms with E-state index in [2.05, 4.69) is 21.2 Å².